The summed E-state index contributed by atoms with van der Waals surface area (Å²) >= 11 is 5.96. The second kappa shape index (κ2) is 11.1. The highest BCUT2D eigenvalue weighted by Crippen LogP contribution is 2.28. The molecule has 0 spiro atoms. The second-order valence-electron chi connectivity index (χ2n) is 7.41. The Balaban J connectivity index is 1.85. The molecule has 3 rings (SSSR count). The Labute approximate surface area is 204 Å². The van der Waals surface area contributed by atoms with E-state index in [1.807, 2.05) is 13.0 Å². The first-order chi connectivity index (χ1) is 16.3. The molecule has 0 unspecified atom stereocenters. The quantitative estimate of drug-likeness (QED) is 0.422. The predicted molar refractivity (Wildman–Crippen MR) is 133 cm³/mol. The number of carbonyl (C=O) groups is 1. The van der Waals surface area contributed by atoms with Gasteiger partial charge in [-0.25, -0.2) is 8.42 Å². The summed E-state index contributed by atoms with van der Waals surface area (Å²) in [6.07, 6.45) is 1.52. The van der Waals surface area contributed by atoms with E-state index in [1.165, 1.54) is 41.7 Å². The van der Waals surface area contributed by atoms with Gasteiger partial charge in [-0.3, -0.25) is 9.10 Å². The average molecular weight is 498 g/mol. The molecule has 0 saturated heterocycles. The molecule has 0 fully saturated rings. The molecule has 0 atom stereocenters. The van der Waals surface area contributed by atoms with Crippen LogP contribution in [0.4, 0.5) is 11.4 Å². The molecule has 34 heavy (non-hydrogen) atoms. The normalized spacial score (nSPS) is 10.9. The van der Waals surface area contributed by atoms with Crippen LogP contribution in [0.1, 0.15) is 35.7 Å². The van der Waals surface area contributed by atoms with Gasteiger partial charge >= 0.3 is 0 Å². The van der Waals surface area contributed by atoms with Crippen molar-refractivity contribution in [2.75, 3.05) is 23.3 Å². The van der Waals surface area contributed by atoms with Crippen LogP contribution in [0.5, 0.6) is 5.75 Å². The van der Waals surface area contributed by atoms with Crippen molar-refractivity contribution in [2.24, 2.45) is 0 Å². The first-order valence-electron chi connectivity index (χ1n) is 10.6. The van der Waals surface area contributed by atoms with E-state index in [9.17, 15) is 13.2 Å². The minimum absolute atomic E-state index is 0.0751. The third kappa shape index (κ3) is 5.68. The molecule has 3 aromatic rings. The van der Waals surface area contributed by atoms with Crippen LogP contribution in [0.15, 0.2) is 71.6 Å². The number of benzene rings is 3. The summed E-state index contributed by atoms with van der Waals surface area (Å²) < 4.78 is 33.4. The Hall–Kier alpha value is -3.54. The van der Waals surface area contributed by atoms with Crippen LogP contribution in [0.25, 0.3) is 0 Å². The van der Waals surface area contributed by atoms with E-state index in [2.05, 4.69) is 5.32 Å². The van der Waals surface area contributed by atoms with E-state index in [0.29, 0.717) is 40.7 Å². The fraction of sp³-hybridized carbons (Fsp3) is 0.200. The minimum Gasteiger partial charge on any atom is -0.495 e. The van der Waals surface area contributed by atoms with Gasteiger partial charge in [0.15, 0.2) is 0 Å². The standard InChI is InChI=1S/C25H24ClN3O4S/c1-3-4-15-29(21-10-8-20(26)9-11-21)34(31,32)22-12-6-19(7-13-22)25(30)28-23-14-5-18(17-27)16-24(23)33-2/h5-14,16H,3-4,15H2,1-2H3,(H,28,30). The molecular formula is C25H24ClN3O4S. The predicted octanol–water partition coefficient (Wildman–Crippen LogP) is 5.47. The van der Waals surface area contributed by atoms with Gasteiger partial charge < -0.3 is 10.1 Å². The van der Waals surface area contributed by atoms with Gasteiger partial charge in [0.2, 0.25) is 0 Å². The number of carbonyl (C=O) groups excluding carboxylic acids is 1. The fourth-order valence-corrected chi connectivity index (χ4v) is 4.89. The maximum Gasteiger partial charge on any atom is 0.264 e. The first kappa shape index (κ1) is 25.1. The Bertz CT molecular complexity index is 1300. The molecule has 9 heteroatoms. The molecular weight excluding hydrogens is 474 g/mol. The molecule has 0 aliphatic carbocycles. The van der Waals surface area contributed by atoms with Crippen LogP contribution in [0.2, 0.25) is 5.02 Å². The Morgan fingerprint density at radius 3 is 2.35 bits per heavy atom. The van der Waals surface area contributed by atoms with Crippen molar-refractivity contribution in [1.82, 2.24) is 0 Å². The SMILES string of the molecule is CCCCN(c1ccc(Cl)cc1)S(=O)(=O)c1ccc(C(=O)Nc2ccc(C#N)cc2OC)cc1. The maximum atomic E-state index is 13.4. The average Bonchev–Trinajstić information content (AvgIpc) is 2.85. The smallest absolute Gasteiger partial charge is 0.264 e. The summed E-state index contributed by atoms with van der Waals surface area (Å²) in [5.41, 5.74) is 1.60. The number of rotatable bonds is 9. The maximum absolute atomic E-state index is 13.4. The number of sulfonamides is 1. The summed E-state index contributed by atoms with van der Waals surface area (Å²) in [5.74, 6) is -0.0892. The van der Waals surface area contributed by atoms with Gasteiger partial charge in [-0.05, 0) is 67.1 Å². The summed E-state index contributed by atoms with van der Waals surface area (Å²) in [6.45, 7) is 2.31. The number of anilines is 2. The molecule has 0 heterocycles. The Morgan fingerprint density at radius 2 is 1.76 bits per heavy atom. The number of unbranched alkanes of at least 4 members (excludes halogenated alkanes) is 1. The van der Waals surface area contributed by atoms with Gasteiger partial charge in [0, 0.05) is 23.2 Å². The van der Waals surface area contributed by atoms with Crippen LogP contribution < -0.4 is 14.4 Å². The van der Waals surface area contributed by atoms with E-state index in [4.69, 9.17) is 21.6 Å². The number of nitriles is 1. The van der Waals surface area contributed by atoms with Gasteiger partial charge in [-0.15, -0.1) is 0 Å². The number of halogens is 1. The second-order valence-corrected chi connectivity index (χ2v) is 9.71. The van der Waals surface area contributed by atoms with Crippen LogP contribution in [0, 0.1) is 11.3 Å². The molecule has 0 aliphatic heterocycles. The summed E-state index contributed by atoms with van der Waals surface area (Å²) in [5, 5.41) is 12.3. The van der Waals surface area contributed by atoms with Gasteiger partial charge in [-0.1, -0.05) is 24.9 Å². The Kier molecular flexibility index (Phi) is 8.16. The van der Waals surface area contributed by atoms with Crippen LogP contribution >= 0.6 is 11.6 Å². The molecule has 0 aliphatic rings. The van der Waals surface area contributed by atoms with Crippen molar-refractivity contribution in [1.29, 1.82) is 5.26 Å². The van der Waals surface area contributed by atoms with Crippen molar-refractivity contribution in [3.8, 4) is 11.8 Å². The number of nitrogens with one attached hydrogen (secondary N) is 1. The van der Waals surface area contributed by atoms with Crippen molar-refractivity contribution >= 4 is 38.9 Å². The van der Waals surface area contributed by atoms with Crippen LogP contribution in [0.3, 0.4) is 0 Å². The molecule has 7 nitrogen and oxygen atoms in total. The van der Waals surface area contributed by atoms with E-state index in [0.717, 1.165) is 6.42 Å². The van der Waals surface area contributed by atoms with Crippen LogP contribution in [-0.4, -0.2) is 28.0 Å². The topological polar surface area (TPSA) is 99.5 Å². The molecule has 0 aromatic heterocycles. The molecule has 176 valence electrons. The Morgan fingerprint density at radius 1 is 1.09 bits per heavy atom. The van der Waals surface area contributed by atoms with E-state index >= 15 is 0 Å². The highest BCUT2D eigenvalue weighted by molar-refractivity contribution is 7.92. The van der Waals surface area contributed by atoms with Gasteiger partial charge in [0.05, 0.1) is 35.0 Å². The zero-order valence-electron chi connectivity index (χ0n) is 18.8. The number of methoxy groups -OCH3 is 1. The third-order valence-electron chi connectivity index (χ3n) is 5.11. The molecule has 1 amide bonds. The van der Waals surface area contributed by atoms with Gasteiger partial charge in [0.1, 0.15) is 5.75 Å². The number of nitrogens with zero attached hydrogens (tertiary/aromatic N) is 2. The minimum atomic E-state index is -3.85. The summed E-state index contributed by atoms with van der Waals surface area (Å²) in [6, 6.07) is 19.0. The van der Waals surface area contributed by atoms with E-state index < -0.39 is 15.9 Å². The van der Waals surface area contributed by atoms with Gasteiger partial charge in [0.25, 0.3) is 15.9 Å². The van der Waals surface area contributed by atoms with Gasteiger partial charge in [-0.2, -0.15) is 5.26 Å². The number of hydrogen-bond acceptors (Lipinski definition) is 5. The zero-order chi connectivity index (χ0) is 24.7. The molecule has 0 bridgehead atoms. The molecule has 3 aromatic carbocycles. The monoisotopic (exact) mass is 497 g/mol. The highest BCUT2D eigenvalue weighted by atomic mass is 35.5. The van der Waals surface area contributed by atoms with Crippen molar-refractivity contribution < 1.29 is 17.9 Å². The fourth-order valence-electron chi connectivity index (χ4n) is 3.26. The molecule has 0 saturated carbocycles. The number of amides is 1. The number of ether oxygens (including phenoxy) is 1. The summed E-state index contributed by atoms with van der Waals surface area (Å²) in [4.78, 5) is 12.8. The van der Waals surface area contributed by atoms with E-state index in [1.54, 1.807) is 36.4 Å². The highest BCUT2D eigenvalue weighted by Gasteiger charge is 2.25. The van der Waals surface area contributed by atoms with Crippen molar-refractivity contribution in [2.45, 2.75) is 24.7 Å². The zero-order valence-corrected chi connectivity index (χ0v) is 20.4. The lowest BCUT2D eigenvalue weighted by Gasteiger charge is -2.24. The lowest BCUT2D eigenvalue weighted by atomic mass is 10.1. The largest absolute Gasteiger partial charge is 0.495 e. The third-order valence-corrected chi connectivity index (χ3v) is 7.21. The van der Waals surface area contributed by atoms with Crippen molar-refractivity contribution in [3.63, 3.8) is 0 Å². The summed E-state index contributed by atoms with van der Waals surface area (Å²) in [7, 11) is -2.41. The number of hydrogen-bond donors (Lipinski definition) is 1. The molecule has 1 N–H and O–H groups in total. The van der Waals surface area contributed by atoms with Crippen molar-refractivity contribution in [3.05, 3.63) is 82.9 Å². The lowest BCUT2D eigenvalue weighted by molar-refractivity contribution is 0.102. The molecule has 0 radical (unpaired) electrons. The van der Waals surface area contributed by atoms with Crippen LogP contribution in [-0.2, 0) is 10.0 Å². The lowest BCUT2D eigenvalue weighted by Crippen LogP contribution is -2.32. The first-order valence-corrected chi connectivity index (χ1v) is 12.4. The van der Waals surface area contributed by atoms with E-state index in [-0.39, 0.29) is 10.5 Å².